The van der Waals surface area contributed by atoms with Gasteiger partial charge in [0.1, 0.15) is 5.82 Å². The normalized spacial score (nSPS) is 10.6. The Morgan fingerprint density at radius 3 is 2.50 bits per heavy atom. The van der Waals surface area contributed by atoms with E-state index in [0.29, 0.717) is 21.9 Å². The summed E-state index contributed by atoms with van der Waals surface area (Å²) in [5.74, 6) is 0.336. The van der Waals surface area contributed by atoms with Gasteiger partial charge in [0.05, 0.1) is 5.02 Å². The molecule has 0 saturated heterocycles. The molecule has 0 aliphatic rings. The first kappa shape index (κ1) is 13.4. The molecule has 4 heteroatoms. The quantitative estimate of drug-likeness (QED) is 0.849. The van der Waals surface area contributed by atoms with Crippen molar-refractivity contribution < 1.29 is 4.39 Å². The van der Waals surface area contributed by atoms with Gasteiger partial charge >= 0.3 is 0 Å². The van der Waals surface area contributed by atoms with Gasteiger partial charge in [-0.15, -0.1) is 11.8 Å². The molecule has 0 heterocycles. The van der Waals surface area contributed by atoms with Crippen LogP contribution in [0, 0.1) is 5.82 Å². The molecular formula is C14H13ClFNS. The van der Waals surface area contributed by atoms with Crippen molar-refractivity contribution in [1.82, 2.24) is 0 Å². The van der Waals surface area contributed by atoms with E-state index in [4.69, 9.17) is 17.3 Å². The lowest BCUT2D eigenvalue weighted by Gasteiger charge is -2.07. The summed E-state index contributed by atoms with van der Waals surface area (Å²) >= 11 is 7.57. The Morgan fingerprint density at radius 2 is 1.78 bits per heavy atom. The van der Waals surface area contributed by atoms with E-state index in [9.17, 15) is 4.39 Å². The lowest BCUT2D eigenvalue weighted by Crippen LogP contribution is -2.02. The first-order chi connectivity index (χ1) is 8.72. The third-order valence-electron chi connectivity index (χ3n) is 2.60. The third-order valence-corrected chi connectivity index (χ3v) is 4.16. The first-order valence-corrected chi connectivity index (χ1v) is 6.92. The minimum atomic E-state index is -0.209. The van der Waals surface area contributed by atoms with Crippen LogP contribution in [0.2, 0.25) is 5.02 Å². The molecule has 0 aliphatic carbocycles. The number of halogens is 2. The molecule has 2 N–H and O–H groups in total. The summed E-state index contributed by atoms with van der Waals surface area (Å²) in [5, 5.41) is 0.692. The highest BCUT2D eigenvalue weighted by Crippen LogP contribution is 2.30. The van der Waals surface area contributed by atoms with Crippen LogP contribution in [0.15, 0.2) is 47.4 Å². The third kappa shape index (κ3) is 3.05. The molecule has 0 fully saturated rings. The summed E-state index contributed by atoms with van der Waals surface area (Å²) in [5.41, 5.74) is 6.69. The Bertz CT molecular complexity index is 545. The van der Waals surface area contributed by atoms with Crippen LogP contribution < -0.4 is 5.73 Å². The highest BCUT2D eigenvalue weighted by Gasteiger charge is 2.08. The summed E-state index contributed by atoms with van der Waals surface area (Å²) in [6, 6.07) is 12.9. The summed E-state index contributed by atoms with van der Waals surface area (Å²) < 4.78 is 13.9. The number of benzene rings is 2. The van der Waals surface area contributed by atoms with Crippen molar-refractivity contribution in [2.45, 2.75) is 17.2 Å². The molecule has 0 aliphatic heterocycles. The van der Waals surface area contributed by atoms with Gasteiger partial charge in [-0.3, -0.25) is 0 Å². The Hall–Kier alpha value is -1.03. The predicted molar refractivity (Wildman–Crippen MR) is 75.3 cm³/mol. The van der Waals surface area contributed by atoms with Gasteiger partial charge in [-0.05, 0) is 17.7 Å². The smallest absolute Gasteiger partial charge is 0.131 e. The highest BCUT2D eigenvalue weighted by atomic mass is 35.5. The number of hydrogen-bond donors (Lipinski definition) is 1. The highest BCUT2D eigenvalue weighted by molar-refractivity contribution is 7.98. The van der Waals surface area contributed by atoms with Crippen molar-refractivity contribution in [2.24, 2.45) is 5.73 Å². The van der Waals surface area contributed by atoms with Crippen LogP contribution in [0.3, 0.4) is 0 Å². The van der Waals surface area contributed by atoms with E-state index in [2.05, 4.69) is 0 Å². The summed E-state index contributed by atoms with van der Waals surface area (Å²) in [6.45, 7) is 0.219. The molecule has 0 radical (unpaired) electrons. The van der Waals surface area contributed by atoms with Gasteiger partial charge in [0.15, 0.2) is 0 Å². The fourth-order valence-electron chi connectivity index (χ4n) is 1.62. The number of rotatable bonds is 4. The van der Waals surface area contributed by atoms with Crippen molar-refractivity contribution in [2.75, 3.05) is 0 Å². The molecule has 0 unspecified atom stereocenters. The van der Waals surface area contributed by atoms with Crippen molar-refractivity contribution in [3.63, 3.8) is 0 Å². The van der Waals surface area contributed by atoms with E-state index in [0.717, 1.165) is 4.90 Å². The molecule has 0 atom stereocenters. The minimum absolute atomic E-state index is 0.209. The second kappa shape index (κ2) is 6.23. The molecule has 2 aromatic carbocycles. The molecule has 18 heavy (non-hydrogen) atoms. The predicted octanol–water partition coefficient (Wildman–Crippen LogP) is 4.23. The van der Waals surface area contributed by atoms with E-state index >= 15 is 0 Å². The van der Waals surface area contributed by atoms with Gasteiger partial charge in [-0.25, -0.2) is 4.39 Å². The van der Waals surface area contributed by atoms with Crippen LogP contribution in [0.5, 0.6) is 0 Å². The Morgan fingerprint density at radius 1 is 1.06 bits per heavy atom. The van der Waals surface area contributed by atoms with Crippen molar-refractivity contribution in [3.05, 3.63) is 64.4 Å². The average molecular weight is 282 g/mol. The van der Waals surface area contributed by atoms with Crippen LogP contribution in [0.4, 0.5) is 4.39 Å². The molecule has 0 saturated carbocycles. The molecule has 0 bridgehead atoms. The molecule has 0 aromatic heterocycles. The lowest BCUT2D eigenvalue weighted by molar-refractivity contribution is 0.600. The zero-order valence-corrected chi connectivity index (χ0v) is 11.3. The van der Waals surface area contributed by atoms with E-state index in [1.807, 2.05) is 30.3 Å². The van der Waals surface area contributed by atoms with Gasteiger partial charge in [0.2, 0.25) is 0 Å². The molecule has 2 aromatic rings. The fourth-order valence-corrected chi connectivity index (χ4v) is 2.83. The minimum Gasteiger partial charge on any atom is -0.326 e. The monoisotopic (exact) mass is 281 g/mol. The summed E-state index contributed by atoms with van der Waals surface area (Å²) in [6.07, 6.45) is 0. The molecule has 94 valence electrons. The Labute approximate surface area is 115 Å². The molecule has 1 nitrogen and oxygen atoms in total. The standard InChI is InChI=1S/C14H13ClFNS/c15-12-6-1-2-7-13(12)18-9-11-5-3-4-10(8-17)14(11)16/h1-7H,8-9,17H2. The van der Waals surface area contributed by atoms with Gasteiger partial charge < -0.3 is 5.73 Å². The SMILES string of the molecule is NCc1cccc(CSc2ccccc2Cl)c1F. The molecule has 0 amide bonds. The second-order valence-corrected chi connectivity index (χ2v) is 5.24. The summed E-state index contributed by atoms with van der Waals surface area (Å²) in [4.78, 5) is 0.955. The maximum atomic E-state index is 13.9. The van der Waals surface area contributed by atoms with Crippen molar-refractivity contribution >= 4 is 23.4 Å². The lowest BCUT2D eigenvalue weighted by atomic mass is 10.1. The maximum Gasteiger partial charge on any atom is 0.131 e. The van der Waals surface area contributed by atoms with Gasteiger partial charge in [-0.2, -0.15) is 0 Å². The van der Waals surface area contributed by atoms with Gasteiger partial charge in [0.25, 0.3) is 0 Å². The number of thioether (sulfide) groups is 1. The number of hydrogen-bond acceptors (Lipinski definition) is 2. The van der Waals surface area contributed by atoms with Crippen LogP contribution >= 0.6 is 23.4 Å². The summed E-state index contributed by atoms with van der Waals surface area (Å²) in [7, 11) is 0. The van der Waals surface area contributed by atoms with Gasteiger partial charge in [0, 0.05) is 22.8 Å². The van der Waals surface area contributed by atoms with E-state index in [1.165, 1.54) is 11.8 Å². The molecule has 0 spiro atoms. The van der Waals surface area contributed by atoms with Crippen LogP contribution in [0.1, 0.15) is 11.1 Å². The fraction of sp³-hybridized carbons (Fsp3) is 0.143. The topological polar surface area (TPSA) is 26.0 Å². The number of nitrogens with two attached hydrogens (primary N) is 1. The Balaban J connectivity index is 2.14. The van der Waals surface area contributed by atoms with Crippen molar-refractivity contribution in [3.8, 4) is 0 Å². The Kier molecular flexibility index (Phi) is 4.64. The zero-order chi connectivity index (χ0) is 13.0. The van der Waals surface area contributed by atoms with Crippen LogP contribution in [0.25, 0.3) is 0 Å². The molecular weight excluding hydrogens is 269 g/mol. The molecule has 2 rings (SSSR count). The zero-order valence-electron chi connectivity index (χ0n) is 9.70. The average Bonchev–Trinajstić information content (AvgIpc) is 2.39. The van der Waals surface area contributed by atoms with Crippen LogP contribution in [-0.4, -0.2) is 0 Å². The van der Waals surface area contributed by atoms with E-state index in [-0.39, 0.29) is 12.4 Å². The first-order valence-electron chi connectivity index (χ1n) is 5.56. The largest absolute Gasteiger partial charge is 0.326 e. The van der Waals surface area contributed by atoms with Crippen LogP contribution in [-0.2, 0) is 12.3 Å². The van der Waals surface area contributed by atoms with E-state index < -0.39 is 0 Å². The second-order valence-electron chi connectivity index (χ2n) is 3.81. The van der Waals surface area contributed by atoms with Crippen molar-refractivity contribution in [1.29, 1.82) is 0 Å². The maximum absolute atomic E-state index is 13.9. The van der Waals surface area contributed by atoms with E-state index in [1.54, 1.807) is 12.1 Å². The van der Waals surface area contributed by atoms with Gasteiger partial charge in [-0.1, -0.05) is 41.9 Å².